The van der Waals surface area contributed by atoms with Crippen LogP contribution in [0.1, 0.15) is 30.0 Å². The molecule has 2 heterocycles. The monoisotopic (exact) mass is 360 g/mol. The molecule has 0 aliphatic carbocycles. The number of fused-ring (bicyclic) bond motifs is 1. The molecular weight excluding hydrogens is 344 g/mol. The maximum absolute atomic E-state index is 12.6. The summed E-state index contributed by atoms with van der Waals surface area (Å²) in [5.74, 6) is 0.148. The Morgan fingerprint density at radius 1 is 1.32 bits per heavy atom. The summed E-state index contributed by atoms with van der Waals surface area (Å²) in [6.45, 7) is 6.86. The smallest absolute Gasteiger partial charge is 0.297 e. The minimum Gasteiger partial charge on any atom is -0.360 e. The topological polar surface area (TPSA) is 90.0 Å². The number of carbonyl (C=O) groups is 1. The number of anilines is 1. The Balaban J connectivity index is 1.98. The fourth-order valence-electron chi connectivity index (χ4n) is 2.66. The number of carbonyl (C=O) groups excluding carboxylic acids is 1. The molecule has 1 atom stereocenters. The molecule has 0 radical (unpaired) electrons. The molecule has 0 aliphatic heterocycles. The molecule has 0 aliphatic rings. The van der Waals surface area contributed by atoms with Crippen LogP contribution in [0.4, 0.5) is 5.69 Å². The van der Waals surface area contributed by atoms with E-state index in [0.29, 0.717) is 27.6 Å². The van der Waals surface area contributed by atoms with Crippen LogP contribution in [-0.4, -0.2) is 20.8 Å². The second-order valence-electron chi connectivity index (χ2n) is 5.88. The van der Waals surface area contributed by atoms with Crippen molar-refractivity contribution in [3.8, 4) is 0 Å². The van der Waals surface area contributed by atoms with Crippen molar-refractivity contribution in [2.24, 2.45) is 0 Å². The van der Waals surface area contributed by atoms with E-state index in [9.17, 15) is 9.59 Å². The number of nitrogens with one attached hydrogen (secondary N) is 1. The lowest BCUT2D eigenvalue weighted by atomic mass is 10.2. The van der Waals surface area contributed by atoms with Crippen LogP contribution < -0.4 is 10.9 Å². The molecule has 0 spiro atoms. The number of hydrogen-bond acceptors (Lipinski definition) is 5. The Morgan fingerprint density at radius 2 is 2.04 bits per heavy atom. The molecule has 1 amide bonds. The highest BCUT2D eigenvalue weighted by atomic mass is 35.5. The van der Waals surface area contributed by atoms with E-state index in [-0.39, 0.29) is 11.4 Å². The third-order valence-corrected chi connectivity index (χ3v) is 4.57. The van der Waals surface area contributed by atoms with Crippen LogP contribution in [0.2, 0.25) is 5.02 Å². The van der Waals surface area contributed by atoms with Gasteiger partial charge in [-0.05, 0) is 45.4 Å². The van der Waals surface area contributed by atoms with Gasteiger partial charge in [-0.1, -0.05) is 22.8 Å². The predicted octanol–water partition coefficient (Wildman–Crippen LogP) is 3.16. The zero-order valence-electron chi connectivity index (χ0n) is 14.3. The number of benzene rings is 1. The molecule has 3 rings (SSSR count). The quantitative estimate of drug-likeness (QED) is 0.774. The van der Waals surface area contributed by atoms with E-state index in [2.05, 4.69) is 15.6 Å². The molecule has 7 nitrogen and oxygen atoms in total. The minimum atomic E-state index is -0.828. The number of rotatable bonds is 3. The molecule has 3 aromatic rings. The maximum Gasteiger partial charge on any atom is 0.297 e. The molecule has 25 heavy (non-hydrogen) atoms. The van der Waals surface area contributed by atoms with Crippen molar-refractivity contribution in [3.63, 3.8) is 0 Å². The first-order valence-corrected chi connectivity index (χ1v) is 8.10. The lowest BCUT2D eigenvalue weighted by Crippen LogP contribution is -2.34. The van der Waals surface area contributed by atoms with Gasteiger partial charge in [-0.2, -0.15) is 5.10 Å². The minimum absolute atomic E-state index is 0.170. The van der Waals surface area contributed by atoms with Crippen LogP contribution in [0.15, 0.2) is 27.5 Å². The van der Waals surface area contributed by atoms with Gasteiger partial charge >= 0.3 is 0 Å². The zero-order chi connectivity index (χ0) is 18.3. The molecule has 8 heteroatoms. The van der Waals surface area contributed by atoms with E-state index in [4.69, 9.17) is 16.1 Å². The van der Waals surface area contributed by atoms with Crippen LogP contribution in [0, 0.1) is 20.8 Å². The summed E-state index contributed by atoms with van der Waals surface area (Å²) in [6, 6.07) is 4.41. The van der Waals surface area contributed by atoms with Crippen molar-refractivity contribution in [2.45, 2.75) is 33.7 Å². The summed E-state index contributed by atoms with van der Waals surface area (Å²) in [7, 11) is 0. The lowest BCUT2D eigenvalue weighted by Gasteiger charge is -2.16. The number of aryl methyl sites for hydroxylation is 2. The molecule has 0 unspecified atom stereocenters. The summed E-state index contributed by atoms with van der Waals surface area (Å²) in [5.41, 5.74) is 1.62. The number of nitrogens with zero attached hydrogens (tertiary/aromatic N) is 3. The Labute approximate surface area is 148 Å². The standard InChI is InChI=1S/C17H17ClN4O3/c1-8-12(18)6-5-7-13(8)19-16(23)10(3)22-17(24)15-14(9(2)20-22)11(4)25-21-15/h5-7,10H,1-4H3,(H,19,23)/t10-/m1/s1. The van der Waals surface area contributed by atoms with E-state index in [1.165, 1.54) is 0 Å². The van der Waals surface area contributed by atoms with E-state index in [1.807, 2.05) is 0 Å². The fourth-order valence-corrected chi connectivity index (χ4v) is 2.84. The molecule has 0 bridgehead atoms. The lowest BCUT2D eigenvalue weighted by molar-refractivity contribution is -0.119. The van der Waals surface area contributed by atoms with Crippen LogP contribution in [0.25, 0.3) is 10.9 Å². The Bertz CT molecular complexity index is 1040. The molecule has 0 saturated heterocycles. The van der Waals surface area contributed by atoms with Crippen molar-refractivity contribution in [1.82, 2.24) is 14.9 Å². The van der Waals surface area contributed by atoms with Crippen molar-refractivity contribution in [2.75, 3.05) is 5.32 Å². The number of hydrogen-bond donors (Lipinski definition) is 1. The first kappa shape index (κ1) is 17.2. The number of amides is 1. The average Bonchev–Trinajstić information content (AvgIpc) is 2.97. The highest BCUT2D eigenvalue weighted by molar-refractivity contribution is 6.31. The fraction of sp³-hybridized carbons (Fsp3) is 0.294. The zero-order valence-corrected chi connectivity index (χ0v) is 15.0. The SMILES string of the molecule is Cc1c(Cl)cccc1NC(=O)[C@@H](C)n1nc(C)c2c(C)onc2c1=O. The first-order valence-electron chi connectivity index (χ1n) is 7.72. The van der Waals surface area contributed by atoms with Crippen molar-refractivity contribution < 1.29 is 9.32 Å². The van der Waals surface area contributed by atoms with E-state index >= 15 is 0 Å². The van der Waals surface area contributed by atoms with E-state index in [0.717, 1.165) is 10.2 Å². The molecule has 1 aromatic carbocycles. The number of aromatic nitrogens is 3. The summed E-state index contributed by atoms with van der Waals surface area (Å²) in [5, 5.41) is 12.0. The van der Waals surface area contributed by atoms with Gasteiger partial charge in [-0.25, -0.2) is 4.68 Å². The molecule has 0 saturated carbocycles. The highest BCUT2D eigenvalue weighted by Gasteiger charge is 2.23. The Morgan fingerprint density at radius 3 is 2.76 bits per heavy atom. The first-order chi connectivity index (χ1) is 11.8. The second-order valence-corrected chi connectivity index (χ2v) is 6.28. The van der Waals surface area contributed by atoms with Crippen LogP contribution >= 0.6 is 11.6 Å². The van der Waals surface area contributed by atoms with Gasteiger partial charge in [0.05, 0.1) is 11.1 Å². The van der Waals surface area contributed by atoms with Gasteiger partial charge in [-0.3, -0.25) is 9.59 Å². The third-order valence-electron chi connectivity index (χ3n) is 4.16. The molecule has 130 valence electrons. The summed E-state index contributed by atoms with van der Waals surface area (Å²) in [4.78, 5) is 25.2. The van der Waals surface area contributed by atoms with Gasteiger partial charge in [0, 0.05) is 10.7 Å². The predicted molar refractivity (Wildman–Crippen MR) is 95.1 cm³/mol. The Hall–Kier alpha value is -2.67. The van der Waals surface area contributed by atoms with Crippen LogP contribution in [0.3, 0.4) is 0 Å². The normalized spacial score (nSPS) is 12.4. The highest BCUT2D eigenvalue weighted by Crippen LogP contribution is 2.24. The molecule has 1 N–H and O–H groups in total. The van der Waals surface area contributed by atoms with Crippen molar-refractivity contribution >= 4 is 34.1 Å². The van der Waals surface area contributed by atoms with Gasteiger partial charge in [0.2, 0.25) is 5.91 Å². The van der Waals surface area contributed by atoms with E-state index < -0.39 is 11.6 Å². The summed E-state index contributed by atoms with van der Waals surface area (Å²) >= 11 is 6.07. The summed E-state index contributed by atoms with van der Waals surface area (Å²) < 4.78 is 6.20. The van der Waals surface area contributed by atoms with Crippen LogP contribution in [-0.2, 0) is 4.79 Å². The maximum atomic E-state index is 12.6. The van der Waals surface area contributed by atoms with Gasteiger partial charge in [-0.15, -0.1) is 0 Å². The van der Waals surface area contributed by atoms with Crippen molar-refractivity contribution in [3.05, 3.63) is 50.6 Å². The Kier molecular flexibility index (Phi) is 4.34. The third kappa shape index (κ3) is 2.91. The molecular formula is C17H17ClN4O3. The van der Waals surface area contributed by atoms with Gasteiger partial charge in [0.25, 0.3) is 5.56 Å². The molecule has 0 fully saturated rings. The number of halogens is 1. The summed E-state index contributed by atoms with van der Waals surface area (Å²) in [6.07, 6.45) is 0. The van der Waals surface area contributed by atoms with Gasteiger partial charge in [0.1, 0.15) is 11.8 Å². The van der Waals surface area contributed by atoms with E-state index in [1.54, 1.807) is 45.9 Å². The van der Waals surface area contributed by atoms with Gasteiger partial charge < -0.3 is 9.84 Å². The average molecular weight is 361 g/mol. The largest absolute Gasteiger partial charge is 0.360 e. The second kappa shape index (κ2) is 6.33. The van der Waals surface area contributed by atoms with Crippen molar-refractivity contribution in [1.29, 1.82) is 0 Å². The molecule has 2 aromatic heterocycles. The van der Waals surface area contributed by atoms with Gasteiger partial charge in [0.15, 0.2) is 5.52 Å². The van der Waals surface area contributed by atoms with Crippen LogP contribution in [0.5, 0.6) is 0 Å².